The maximum Gasteiger partial charge on any atom is 0.279 e. The number of amidine groups is 1. The molecule has 0 fully saturated rings. The van der Waals surface area contributed by atoms with E-state index in [0.717, 1.165) is 5.69 Å². The Labute approximate surface area is 166 Å². The number of fused-ring (bicyclic) bond motifs is 2. The molecule has 29 heavy (non-hydrogen) atoms. The molecule has 9 nitrogen and oxygen atoms in total. The number of hydrogen-bond acceptors (Lipinski definition) is 6. The van der Waals surface area contributed by atoms with Crippen LogP contribution in [0, 0.1) is 6.92 Å². The van der Waals surface area contributed by atoms with Crippen molar-refractivity contribution in [3.05, 3.63) is 47.2 Å². The van der Waals surface area contributed by atoms with Gasteiger partial charge >= 0.3 is 0 Å². The highest BCUT2D eigenvalue weighted by Crippen LogP contribution is 2.37. The Hall–Kier alpha value is -3.59. The van der Waals surface area contributed by atoms with Crippen LogP contribution in [0.3, 0.4) is 0 Å². The third-order valence-corrected chi connectivity index (χ3v) is 4.69. The molecule has 0 atom stereocenters. The van der Waals surface area contributed by atoms with Gasteiger partial charge in [-0.2, -0.15) is 4.99 Å². The molecule has 0 saturated carbocycles. The number of rotatable bonds is 5. The Kier molecular flexibility index (Phi) is 4.81. The van der Waals surface area contributed by atoms with Crippen molar-refractivity contribution in [3.63, 3.8) is 0 Å². The summed E-state index contributed by atoms with van der Waals surface area (Å²) in [5.74, 6) is -0.0647. The smallest absolute Gasteiger partial charge is 0.279 e. The number of azo groups is 1. The maximum absolute atomic E-state index is 12.7. The topological polar surface area (TPSA) is 122 Å². The molecule has 0 bridgehead atoms. The van der Waals surface area contributed by atoms with Gasteiger partial charge in [-0.05, 0) is 43.7 Å². The second-order valence-electron chi connectivity index (χ2n) is 6.67. The first kappa shape index (κ1) is 18.8. The van der Waals surface area contributed by atoms with Gasteiger partial charge in [0.05, 0.1) is 5.56 Å². The number of aryl methyl sites for hydroxylation is 1. The van der Waals surface area contributed by atoms with Gasteiger partial charge in [0, 0.05) is 42.3 Å². The molecular formula is C20H19N5O4. The van der Waals surface area contributed by atoms with Crippen LogP contribution in [-0.4, -0.2) is 45.2 Å². The SMILES string of the molecule is COCCCn1c(O)c2ccc(C(=O)N=C3N=Nc4nc(C)ccc43)cc2c1O. The highest BCUT2D eigenvalue weighted by atomic mass is 16.5. The van der Waals surface area contributed by atoms with Gasteiger partial charge in [0.25, 0.3) is 5.91 Å². The number of aromatic hydroxyl groups is 2. The normalized spacial score (nSPS) is 14.1. The predicted octanol–water partition coefficient (Wildman–Crippen LogP) is 3.48. The van der Waals surface area contributed by atoms with Crippen LogP contribution in [0.15, 0.2) is 45.6 Å². The molecule has 1 aliphatic heterocycles. The Morgan fingerprint density at radius 1 is 1.14 bits per heavy atom. The van der Waals surface area contributed by atoms with E-state index >= 15 is 0 Å². The van der Waals surface area contributed by atoms with Crippen LogP contribution in [0.5, 0.6) is 11.8 Å². The number of hydrogen-bond donors (Lipinski definition) is 2. The average molecular weight is 393 g/mol. The van der Waals surface area contributed by atoms with Gasteiger partial charge in [0.2, 0.25) is 11.8 Å². The molecule has 0 saturated heterocycles. The fourth-order valence-electron chi connectivity index (χ4n) is 3.21. The van der Waals surface area contributed by atoms with Crippen molar-refractivity contribution in [2.45, 2.75) is 19.9 Å². The molecule has 2 N–H and O–H groups in total. The predicted molar refractivity (Wildman–Crippen MR) is 106 cm³/mol. The van der Waals surface area contributed by atoms with Crippen LogP contribution in [0.4, 0.5) is 5.82 Å². The van der Waals surface area contributed by atoms with Crippen molar-refractivity contribution in [1.82, 2.24) is 9.55 Å². The van der Waals surface area contributed by atoms with Crippen LogP contribution in [-0.2, 0) is 11.3 Å². The molecule has 0 radical (unpaired) electrons. The summed E-state index contributed by atoms with van der Waals surface area (Å²) in [6.45, 7) is 2.73. The third-order valence-electron chi connectivity index (χ3n) is 4.69. The fourth-order valence-corrected chi connectivity index (χ4v) is 3.21. The molecule has 3 heterocycles. The Balaban J connectivity index is 1.66. The van der Waals surface area contributed by atoms with Gasteiger partial charge in [-0.25, -0.2) is 4.98 Å². The minimum atomic E-state index is -0.528. The second kappa shape index (κ2) is 7.44. The highest BCUT2D eigenvalue weighted by molar-refractivity contribution is 6.13. The number of methoxy groups -OCH3 is 1. The second-order valence-corrected chi connectivity index (χ2v) is 6.67. The zero-order valence-corrected chi connectivity index (χ0v) is 16.0. The number of amides is 1. The summed E-state index contributed by atoms with van der Waals surface area (Å²) >= 11 is 0. The highest BCUT2D eigenvalue weighted by Gasteiger charge is 2.21. The minimum Gasteiger partial charge on any atom is -0.494 e. The largest absolute Gasteiger partial charge is 0.494 e. The number of nitrogens with zero attached hydrogens (tertiary/aromatic N) is 5. The first-order valence-corrected chi connectivity index (χ1v) is 9.05. The summed E-state index contributed by atoms with van der Waals surface area (Å²) in [6, 6.07) is 8.21. The number of carbonyl (C=O) groups excluding carboxylic acids is 1. The zero-order valence-electron chi connectivity index (χ0n) is 16.0. The molecule has 0 unspecified atom stereocenters. The van der Waals surface area contributed by atoms with E-state index in [2.05, 4.69) is 20.2 Å². The monoisotopic (exact) mass is 393 g/mol. The summed E-state index contributed by atoms with van der Waals surface area (Å²) in [7, 11) is 1.59. The van der Waals surface area contributed by atoms with Crippen molar-refractivity contribution >= 4 is 28.3 Å². The van der Waals surface area contributed by atoms with Gasteiger partial charge in [0.1, 0.15) is 0 Å². The van der Waals surface area contributed by atoms with Gasteiger partial charge in [-0.1, -0.05) is 0 Å². The molecule has 2 aromatic heterocycles. The lowest BCUT2D eigenvalue weighted by atomic mass is 10.1. The van der Waals surface area contributed by atoms with Crippen molar-refractivity contribution in [2.75, 3.05) is 13.7 Å². The summed E-state index contributed by atoms with van der Waals surface area (Å²) in [6.07, 6.45) is 0.621. The van der Waals surface area contributed by atoms with E-state index in [4.69, 9.17) is 4.74 Å². The quantitative estimate of drug-likeness (QED) is 0.643. The van der Waals surface area contributed by atoms with Crippen molar-refractivity contribution in [1.29, 1.82) is 0 Å². The molecule has 9 heteroatoms. The lowest BCUT2D eigenvalue weighted by molar-refractivity contribution is 0.100. The third kappa shape index (κ3) is 3.36. The molecule has 3 aromatic rings. The Morgan fingerprint density at radius 3 is 2.72 bits per heavy atom. The molecule has 0 spiro atoms. The van der Waals surface area contributed by atoms with E-state index in [1.807, 2.05) is 6.92 Å². The van der Waals surface area contributed by atoms with Crippen LogP contribution in [0.25, 0.3) is 10.8 Å². The van der Waals surface area contributed by atoms with E-state index < -0.39 is 5.91 Å². The van der Waals surface area contributed by atoms with Crippen molar-refractivity contribution in [3.8, 4) is 11.8 Å². The van der Waals surface area contributed by atoms with Crippen molar-refractivity contribution < 1.29 is 19.7 Å². The number of carbonyl (C=O) groups is 1. The standard InChI is InChI=1S/C20H19N5O4/c1-11-4-6-14-16(21-11)23-24-17(14)22-18(26)12-5-7-13-15(10-12)20(28)25(19(13)27)8-3-9-29-2/h4-7,10,27-28H,3,8-9H2,1-2H3. The van der Waals surface area contributed by atoms with Gasteiger partial charge in [0.15, 0.2) is 11.7 Å². The lowest BCUT2D eigenvalue weighted by Crippen LogP contribution is -2.02. The summed E-state index contributed by atoms with van der Waals surface area (Å²) in [4.78, 5) is 21.0. The number of aromatic nitrogens is 2. The van der Waals surface area contributed by atoms with Crippen LogP contribution >= 0.6 is 0 Å². The molecule has 1 aromatic carbocycles. The van der Waals surface area contributed by atoms with Crippen LogP contribution in [0.1, 0.15) is 28.0 Å². The van der Waals surface area contributed by atoms with E-state index in [-0.39, 0.29) is 23.2 Å². The van der Waals surface area contributed by atoms with Gasteiger partial charge in [-0.15, -0.1) is 10.2 Å². The number of aliphatic imine (C=N–C) groups is 1. The summed E-state index contributed by atoms with van der Waals surface area (Å²) < 4.78 is 6.39. The van der Waals surface area contributed by atoms with E-state index in [1.165, 1.54) is 10.6 Å². The molecular weight excluding hydrogens is 374 g/mol. The van der Waals surface area contributed by atoms with Crippen LogP contribution < -0.4 is 0 Å². The zero-order chi connectivity index (χ0) is 20.5. The first-order valence-electron chi connectivity index (χ1n) is 9.05. The molecule has 148 valence electrons. The van der Waals surface area contributed by atoms with E-state index in [1.54, 1.807) is 31.4 Å². The van der Waals surface area contributed by atoms with Crippen LogP contribution in [0.2, 0.25) is 0 Å². The number of pyridine rings is 1. The number of benzene rings is 1. The summed E-state index contributed by atoms with van der Waals surface area (Å²) in [5, 5.41) is 29.6. The Morgan fingerprint density at radius 2 is 1.93 bits per heavy atom. The molecule has 4 rings (SSSR count). The number of ether oxygens (including phenoxy) is 1. The average Bonchev–Trinajstić information content (AvgIpc) is 3.21. The Bertz CT molecular complexity index is 1180. The van der Waals surface area contributed by atoms with E-state index in [9.17, 15) is 15.0 Å². The van der Waals surface area contributed by atoms with Crippen molar-refractivity contribution in [2.24, 2.45) is 15.2 Å². The van der Waals surface area contributed by atoms with Gasteiger partial charge in [-0.3, -0.25) is 9.36 Å². The first-order chi connectivity index (χ1) is 14.0. The van der Waals surface area contributed by atoms with Gasteiger partial charge < -0.3 is 14.9 Å². The lowest BCUT2D eigenvalue weighted by Gasteiger charge is -2.05. The summed E-state index contributed by atoms with van der Waals surface area (Å²) in [5.41, 5.74) is 1.65. The molecule has 1 aliphatic rings. The maximum atomic E-state index is 12.7. The minimum absolute atomic E-state index is 0.0566. The molecule has 0 aliphatic carbocycles. The fraction of sp³-hybridized carbons (Fsp3) is 0.250. The van der Waals surface area contributed by atoms with E-state index in [0.29, 0.717) is 41.7 Å². The molecule has 1 amide bonds.